The number of ether oxygens (including phenoxy) is 1. The average Bonchev–Trinajstić information content (AvgIpc) is 2.48. The van der Waals surface area contributed by atoms with Crippen LogP contribution in [0.4, 0.5) is 0 Å². The van der Waals surface area contributed by atoms with Crippen LogP contribution in [-0.4, -0.2) is 12.6 Å². The lowest BCUT2D eigenvalue weighted by Gasteiger charge is -2.15. The van der Waals surface area contributed by atoms with Gasteiger partial charge in [-0.25, -0.2) is 0 Å². The number of hydrogen-bond acceptors (Lipinski definition) is 2. The molecule has 0 saturated heterocycles. The summed E-state index contributed by atoms with van der Waals surface area (Å²) < 4.78 is 5.05. The van der Waals surface area contributed by atoms with Crippen LogP contribution in [0.25, 0.3) is 5.57 Å². The fourth-order valence-corrected chi connectivity index (χ4v) is 2.49. The topological polar surface area (TPSA) is 26.3 Å². The van der Waals surface area contributed by atoms with Crippen molar-refractivity contribution in [3.8, 4) is 0 Å². The van der Waals surface area contributed by atoms with Crippen LogP contribution in [0.2, 0.25) is 0 Å². The van der Waals surface area contributed by atoms with E-state index >= 15 is 0 Å². The molecule has 102 valence electrons. The zero-order valence-electron chi connectivity index (χ0n) is 11.8. The second-order valence-electron chi connectivity index (χ2n) is 5.07. The molecule has 1 aromatic rings. The van der Waals surface area contributed by atoms with Crippen LogP contribution in [0, 0.1) is 0 Å². The van der Waals surface area contributed by atoms with Crippen molar-refractivity contribution in [2.24, 2.45) is 0 Å². The molecule has 0 aliphatic heterocycles. The Morgan fingerprint density at radius 2 is 2.00 bits per heavy atom. The zero-order valence-corrected chi connectivity index (χ0v) is 11.8. The van der Waals surface area contributed by atoms with Crippen molar-refractivity contribution in [1.29, 1.82) is 0 Å². The van der Waals surface area contributed by atoms with E-state index in [-0.39, 0.29) is 11.9 Å². The van der Waals surface area contributed by atoms with Crippen LogP contribution in [0.5, 0.6) is 0 Å². The van der Waals surface area contributed by atoms with Gasteiger partial charge in [-0.15, -0.1) is 0 Å². The highest BCUT2D eigenvalue weighted by Crippen LogP contribution is 2.28. The first-order valence-electron chi connectivity index (χ1n) is 7.18. The lowest BCUT2D eigenvalue weighted by Crippen LogP contribution is -2.12. The third-order valence-corrected chi connectivity index (χ3v) is 3.71. The molecule has 1 aliphatic rings. The van der Waals surface area contributed by atoms with Gasteiger partial charge in [0.2, 0.25) is 0 Å². The molecule has 19 heavy (non-hydrogen) atoms. The van der Waals surface area contributed by atoms with Gasteiger partial charge in [0.05, 0.1) is 12.5 Å². The molecule has 1 aliphatic carbocycles. The summed E-state index contributed by atoms with van der Waals surface area (Å²) in [5.41, 5.74) is 3.76. The second kappa shape index (κ2) is 6.55. The van der Waals surface area contributed by atoms with Crippen LogP contribution in [0.15, 0.2) is 30.3 Å². The van der Waals surface area contributed by atoms with Gasteiger partial charge in [0.15, 0.2) is 0 Å². The lowest BCUT2D eigenvalue weighted by molar-refractivity contribution is -0.144. The van der Waals surface area contributed by atoms with E-state index in [1.54, 1.807) is 0 Å². The molecule has 2 heteroatoms. The summed E-state index contributed by atoms with van der Waals surface area (Å²) in [5.74, 6) is -0.332. The van der Waals surface area contributed by atoms with E-state index in [0.29, 0.717) is 6.61 Å². The normalized spacial score (nSPS) is 16.6. The van der Waals surface area contributed by atoms with Crippen LogP contribution in [0.1, 0.15) is 56.6 Å². The van der Waals surface area contributed by atoms with E-state index in [2.05, 4.69) is 18.2 Å². The van der Waals surface area contributed by atoms with Crippen LogP contribution in [-0.2, 0) is 9.53 Å². The summed E-state index contributed by atoms with van der Waals surface area (Å²) in [6.45, 7) is 4.17. The summed E-state index contributed by atoms with van der Waals surface area (Å²) in [6.07, 6.45) is 7.30. The van der Waals surface area contributed by atoms with E-state index in [9.17, 15) is 4.79 Å². The Hall–Kier alpha value is -1.57. The molecule has 0 N–H and O–H groups in total. The maximum absolute atomic E-state index is 11.7. The molecule has 0 aromatic heterocycles. The Bertz CT molecular complexity index is 457. The van der Waals surface area contributed by atoms with Gasteiger partial charge in [0.25, 0.3) is 0 Å². The quantitative estimate of drug-likeness (QED) is 0.752. The van der Waals surface area contributed by atoms with E-state index in [1.807, 2.05) is 26.0 Å². The van der Waals surface area contributed by atoms with Crippen molar-refractivity contribution in [2.45, 2.75) is 45.4 Å². The third-order valence-electron chi connectivity index (χ3n) is 3.71. The summed E-state index contributed by atoms with van der Waals surface area (Å²) in [6, 6.07) is 8.35. The molecule has 0 radical (unpaired) electrons. The molecule has 1 aromatic carbocycles. The monoisotopic (exact) mass is 258 g/mol. The largest absolute Gasteiger partial charge is 0.466 e. The maximum Gasteiger partial charge on any atom is 0.313 e. The highest BCUT2D eigenvalue weighted by Gasteiger charge is 2.16. The van der Waals surface area contributed by atoms with Crippen molar-refractivity contribution in [2.75, 3.05) is 6.61 Å². The van der Waals surface area contributed by atoms with Crippen LogP contribution < -0.4 is 0 Å². The van der Waals surface area contributed by atoms with Crippen molar-refractivity contribution < 1.29 is 9.53 Å². The van der Waals surface area contributed by atoms with Crippen molar-refractivity contribution in [3.05, 3.63) is 41.5 Å². The van der Waals surface area contributed by atoms with Gasteiger partial charge in [0.1, 0.15) is 0 Å². The smallest absolute Gasteiger partial charge is 0.313 e. The number of allylic oxidation sites excluding steroid dienone is 2. The molecule has 1 unspecified atom stereocenters. The molecule has 1 atom stereocenters. The Labute approximate surface area is 115 Å². The van der Waals surface area contributed by atoms with E-state index in [1.165, 1.54) is 36.8 Å². The van der Waals surface area contributed by atoms with Gasteiger partial charge in [-0.3, -0.25) is 4.79 Å². The Balaban J connectivity index is 2.09. The van der Waals surface area contributed by atoms with Gasteiger partial charge in [-0.2, -0.15) is 0 Å². The van der Waals surface area contributed by atoms with E-state index in [4.69, 9.17) is 4.74 Å². The minimum absolute atomic E-state index is 0.146. The van der Waals surface area contributed by atoms with Crippen LogP contribution in [0.3, 0.4) is 0 Å². The lowest BCUT2D eigenvalue weighted by atomic mass is 9.92. The number of carbonyl (C=O) groups is 1. The van der Waals surface area contributed by atoms with Gasteiger partial charge in [0, 0.05) is 0 Å². The standard InChI is InChI=1S/C17H22O2/c1-3-19-17(18)13(2)14-9-11-16(12-10-14)15-7-5-4-6-8-15/h7,9-13H,3-6,8H2,1-2H3. The minimum Gasteiger partial charge on any atom is -0.466 e. The summed E-state index contributed by atoms with van der Waals surface area (Å²) in [4.78, 5) is 11.7. The number of benzene rings is 1. The molecule has 0 spiro atoms. The number of rotatable bonds is 4. The van der Waals surface area contributed by atoms with Crippen molar-refractivity contribution >= 4 is 11.5 Å². The molecule has 2 rings (SSSR count). The summed E-state index contributed by atoms with van der Waals surface area (Å²) >= 11 is 0. The maximum atomic E-state index is 11.7. The van der Waals surface area contributed by atoms with Gasteiger partial charge < -0.3 is 4.74 Å². The Kier molecular flexibility index (Phi) is 4.78. The van der Waals surface area contributed by atoms with Crippen molar-refractivity contribution in [3.63, 3.8) is 0 Å². The molecular weight excluding hydrogens is 236 g/mol. The average molecular weight is 258 g/mol. The molecule has 0 amide bonds. The first-order chi connectivity index (χ1) is 9.22. The number of carbonyl (C=O) groups excluding carboxylic acids is 1. The third kappa shape index (κ3) is 3.46. The molecule has 0 heterocycles. The predicted octanol–water partition coefficient (Wildman–Crippen LogP) is 4.31. The SMILES string of the molecule is CCOC(=O)C(C)c1ccc(C2=CCCCC2)cc1. The zero-order chi connectivity index (χ0) is 13.7. The molecule has 2 nitrogen and oxygen atoms in total. The van der Waals surface area contributed by atoms with Gasteiger partial charge in [-0.1, -0.05) is 30.3 Å². The van der Waals surface area contributed by atoms with E-state index in [0.717, 1.165) is 5.56 Å². The first kappa shape index (κ1) is 13.9. The molecule has 0 fully saturated rings. The van der Waals surface area contributed by atoms with E-state index < -0.39 is 0 Å². The predicted molar refractivity (Wildman–Crippen MR) is 77.9 cm³/mol. The van der Waals surface area contributed by atoms with Gasteiger partial charge >= 0.3 is 5.97 Å². The van der Waals surface area contributed by atoms with Crippen LogP contribution >= 0.6 is 0 Å². The fraction of sp³-hybridized carbons (Fsp3) is 0.471. The molecular formula is C17H22O2. The molecule has 0 bridgehead atoms. The summed E-state index contributed by atoms with van der Waals surface area (Å²) in [7, 11) is 0. The number of hydrogen-bond donors (Lipinski definition) is 0. The second-order valence-corrected chi connectivity index (χ2v) is 5.07. The number of esters is 1. The summed E-state index contributed by atoms with van der Waals surface area (Å²) in [5, 5.41) is 0. The minimum atomic E-state index is -0.186. The Morgan fingerprint density at radius 1 is 1.26 bits per heavy atom. The van der Waals surface area contributed by atoms with Gasteiger partial charge in [-0.05, 0) is 56.2 Å². The highest BCUT2D eigenvalue weighted by molar-refractivity contribution is 5.78. The highest BCUT2D eigenvalue weighted by atomic mass is 16.5. The van der Waals surface area contributed by atoms with Crippen molar-refractivity contribution in [1.82, 2.24) is 0 Å². The molecule has 0 saturated carbocycles. The Morgan fingerprint density at radius 3 is 2.58 bits per heavy atom. The fourth-order valence-electron chi connectivity index (χ4n) is 2.49. The first-order valence-corrected chi connectivity index (χ1v) is 7.18.